The van der Waals surface area contributed by atoms with Gasteiger partial charge in [-0.2, -0.15) is 0 Å². The topological polar surface area (TPSA) is 72.8 Å². The van der Waals surface area contributed by atoms with Crippen LogP contribution in [-0.4, -0.2) is 31.1 Å². The first-order valence-corrected chi connectivity index (χ1v) is 5.71. The third-order valence-corrected chi connectivity index (χ3v) is 2.45. The molecule has 0 fully saturated rings. The molecule has 0 heterocycles. The van der Waals surface area contributed by atoms with Crippen LogP contribution in [0.3, 0.4) is 0 Å². The average Bonchev–Trinajstić information content (AvgIpc) is 2.42. The minimum atomic E-state index is -0.979. The van der Waals surface area contributed by atoms with Crippen molar-refractivity contribution < 1.29 is 24.2 Å². The van der Waals surface area contributed by atoms with E-state index in [9.17, 15) is 9.59 Å². The highest BCUT2D eigenvalue weighted by molar-refractivity contribution is 5.95. The quantitative estimate of drug-likeness (QED) is 0.764. The van der Waals surface area contributed by atoms with Gasteiger partial charge in [0.25, 0.3) is 0 Å². The number of hydrogen-bond acceptors (Lipinski definition) is 4. The molecular weight excluding hydrogens is 248 g/mol. The summed E-state index contributed by atoms with van der Waals surface area (Å²) in [6, 6.07) is 5.25. The number of benzene rings is 1. The Balaban J connectivity index is 2.71. The van der Waals surface area contributed by atoms with Crippen molar-refractivity contribution in [2.24, 2.45) is 0 Å². The van der Waals surface area contributed by atoms with Gasteiger partial charge in [0, 0.05) is 6.42 Å². The molecule has 19 heavy (non-hydrogen) atoms. The zero-order valence-electron chi connectivity index (χ0n) is 10.9. The van der Waals surface area contributed by atoms with E-state index >= 15 is 0 Å². The van der Waals surface area contributed by atoms with Gasteiger partial charge in [-0.15, -0.1) is 0 Å². The molecule has 0 amide bonds. The fourth-order valence-electron chi connectivity index (χ4n) is 1.46. The second kappa shape index (κ2) is 7.20. The van der Waals surface area contributed by atoms with Crippen LogP contribution < -0.4 is 9.47 Å². The van der Waals surface area contributed by atoms with Crippen LogP contribution in [0, 0.1) is 0 Å². The van der Waals surface area contributed by atoms with E-state index in [-0.39, 0.29) is 18.6 Å². The molecule has 0 atom stereocenters. The van der Waals surface area contributed by atoms with Crippen LogP contribution in [0.5, 0.6) is 11.5 Å². The molecule has 102 valence electrons. The number of ether oxygens (including phenoxy) is 2. The maximum absolute atomic E-state index is 11.4. The summed E-state index contributed by atoms with van der Waals surface area (Å²) >= 11 is 0. The number of carbonyl (C=O) groups excluding carboxylic acids is 1. The van der Waals surface area contributed by atoms with Crippen molar-refractivity contribution in [3.05, 3.63) is 29.8 Å². The number of carboxylic acids is 1. The number of ketones is 1. The van der Waals surface area contributed by atoms with E-state index in [0.29, 0.717) is 11.5 Å². The molecule has 1 aromatic carbocycles. The van der Waals surface area contributed by atoms with Gasteiger partial charge in [0.05, 0.1) is 20.6 Å². The molecule has 0 bridgehead atoms. The molecule has 0 saturated carbocycles. The number of carbonyl (C=O) groups is 2. The van der Waals surface area contributed by atoms with E-state index in [2.05, 4.69) is 0 Å². The van der Waals surface area contributed by atoms with Crippen LogP contribution in [-0.2, 0) is 9.59 Å². The highest BCUT2D eigenvalue weighted by Gasteiger charge is 2.04. The highest BCUT2D eigenvalue weighted by Crippen LogP contribution is 2.27. The molecule has 1 aromatic rings. The van der Waals surface area contributed by atoms with E-state index in [1.54, 1.807) is 31.4 Å². The molecule has 0 spiro atoms. The van der Waals surface area contributed by atoms with Crippen molar-refractivity contribution >= 4 is 17.8 Å². The van der Waals surface area contributed by atoms with Crippen molar-refractivity contribution in [3.8, 4) is 11.5 Å². The summed E-state index contributed by atoms with van der Waals surface area (Å²) in [7, 11) is 3.08. The molecule has 0 saturated heterocycles. The zero-order chi connectivity index (χ0) is 14.3. The largest absolute Gasteiger partial charge is 0.493 e. The minimum Gasteiger partial charge on any atom is -0.493 e. The summed E-state index contributed by atoms with van der Waals surface area (Å²) in [5, 5.41) is 8.47. The Bertz CT molecular complexity index is 491. The fourth-order valence-corrected chi connectivity index (χ4v) is 1.46. The Morgan fingerprint density at radius 2 is 1.84 bits per heavy atom. The lowest BCUT2D eigenvalue weighted by Gasteiger charge is -2.07. The summed E-state index contributed by atoms with van der Waals surface area (Å²) in [6.45, 7) is 0. The average molecular weight is 264 g/mol. The second-order valence-corrected chi connectivity index (χ2v) is 3.81. The first kappa shape index (κ1) is 14.8. The molecule has 0 aliphatic rings. The molecular formula is C14H16O5. The normalized spacial score (nSPS) is 10.4. The van der Waals surface area contributed by atoms with Gasteiger partial charge >= 0.3 is 5.97 Å². The Morgan fingerprint density at radius 3 is 2.42 bits per heavy atom. The van der Waals surface area contributed by atoms with Crippen LogP contribution in [0.25, 0.3) is 6.08 Å². The number of aliphatic carboxylic acids is 1. The lowest BCUT2D eigenvalue weighted by Crippen LogP contribution is -2.00. The van der Waals surface area contributed by atoms with E-state index in [1.807, 2.05) is 0 Å². The third-order valence-electron chi connectivity index (χ3n) is 2.45. The van der Waals surface area contributed by atoms with Gasteiger partial charge in [-0.1, -0.05) is 12.1 Å². The summed E-state index contributed by atoms with van der Waals surface area (Å²) in [5.74, 6) is -0.0236. The van der Waals surface area contributed by atoms with Gasteiger partial charge in [0.15, 0.2) is 17.3 Å². The predicted octanol–water partition coefficient (Wildman–Crippen LogP) is 2.15. The summed E-state index contributed by atoms with van der Waals surface area (Å²) in [4.78, 5) is 21.7. The summed E-state index contributed by atoms with van der Waals surface area (Å²) in [5.41, 5.74) is 0.779. The minimum absolute atomic E-state index is 0.000870. The fraction of sp³-hybridized carbons (Fsp3) is 0.286. The highest BCUT2D eigenvalue weighted by atomic mass is 16.5. The van der Waals surface area contributed by atoms with E-state index in [1.165, 1.54) is 13.2 Å². The van der Waals surface area contributed by atoms with Gasteiger partial charge in [0.2, 0.25) is 0 Å². The molecule has 1 N–H and O–H groups in total. The van der Waals surface area contributed by atoms with Crippen molar-refractivity contribution in [3.63, 3.8) is 0 Å². The van der Waals surface area contributed by atoms with Gasteiger partial charge in [0.1, 0.15) is 0 Å². The van der Waals surface area contributed by atoms with Crippen LogP contribution in [0.4, 0.5) is 0 Å². The van der Waals surface area contributed by atoms with E-state index < -0.39 is 5.97 Å². The summed E-state index contributed by atoms with van der Waals surface area (Å²) in [6.07, 6.45) is 2.82. The Hall–Kier alpha value is -2.30. The molecule has 0 aliphatic carbocycles. The predicted molar refractivity (Wildman–Crippen MR) is 70.5 cm³/mol. The van der Waals surface area contributed by atoms with Crippen molar-refractivity contribution in [2.75, 3.05) is 14.2 Å². The lowest BCUT2D eigenvalue weighted by molar-refractivity contribution is -0.138. The third kappa shape index (κ3) is 4.83. The number of hydrogen-bond donors (Lipinski definition) is 1. The SMILES string of the molecule is COc1ccc(/C=C\C(=O)CCC(=O)O)cc1OC. The second-order valence-electron chi connectivity index (χ2n) is 3.81. The van der Waals surface area contributed by atoms with Crippen LogP contribution in [0.15, 0.2) is 24.3 Å². The first-order valence-electron chi connectivity index (χ1n) is 5.71. The molecule has 0 unspecified atom stereocenters. The molecule has 5 heteroatoms. The Morgan fingerprint density at radius 1 is 1.16 bits per heavy atom. The van der Waals surface area contributed by atoms with E-state index in [4.69, 9.17) is 14.6 Å². The molecule has 1 rings (SSSR count). The Labute approximate surface area is 111 Å². The zero-order valence-corrected chi connectivity index (χ0v) is 10.9. The number of methoxy groups -OCH3 is 2. The lowest BCUT2D eigenvalue weighted by atomic mass is 10.1. The monoisotopic (exact) mass is 264 g/mol. The van der Waals surface area contributed by atoms with Gasteiger partial charge < -0.3 is 14.6 Å². The Kier molecular flexibility index (Phi) is 5.60. The van der Waals surface area contributed by atoms with Crippen LogP contribution in [0.1, 0.15) is 18.4 Å². The smallest absolute Gasteiger partial charge is 0.303 e. The van der Waals surface area contributed by atoms with Crippen LogP contribution >= 0.6 is 0 Å². The standard InChI is InChI=1S/C14H16O5/c1-18-12-7-4-10(9-13(12)19-2)3-5-11(15)6-8-14(16)17/h3-5,7,9H,6,8H2,1-2H3,(H,16,17)/b5-3-. The van der Waals surface area contributed by atoms with Crippen molar-refractivity contribution in [1.29, 1.82) is 0 Å². The number of rotatable bonds is 7. The summed E-state index contributed by atoms with van der Waals surface area (Å²) < 4.78 is 10.2. The van der Waals surface area contributed by atoms with Crippen molar-refractivity contribution in [1.82, 2.24) is 0 Å². The first-order chi connectivity index (χ1) is 9.06. The molecule has 0 aliphatic heterocycles. The van der Waals surface area contributed by atoms with Crippen molar-refractivity contribution in [2.45, 2.75) is 12.8 Å². The molecule has 5 nitrogen and oxygen atoms in total. The van der Waals surface area contributed by atoms with Gasteiger partial charge in [-0.3, -0.25) is 9.59 Å². The maximum atomic E-state index is 11.4. The van der Waals surface area contributed by atoms with Crippen LogP contribution in [0.2, 0.25) is 0 Å². The van der Waals surface area contributed by atoms with E-state index in [0.717, 1.165) is 5.56 Å². The number of allylic oxidation sites excluding steroid dienone is 1. The van der Waals surface area contributed by atoms with Gasteiger partial charge in [-0.05, 0) is 23.8 Å². The number of carboxylic acid groups (broad SMARTS) is 1. The maximum Gasteiger partial charge on any atom is 0.303 e. The molecule has 0 radical (unpaired) electrons. The molecule has 0 aromatic heterocycles. The van der Waals surface area contributed by atoms with Gasteiger partial charge in [-0.25, -0.2) is 0 Å².